The maximum atomic E-state index is 11.3. The largest absolute Gasteiger partial charge is 0.452 e. The minimum atomic E-state index is -0.566. The highest BCUT2D eigenvalue weighted by atomic mass is 16.5. The number of amides is 1. The van der Waals surface area contributed by atoms with Gasteiger partial charge >= 0.3 is 5.97 Å². The van der Waals surface area contributed by atoms with Crippen molar-refractivity contribution in [1.82, 2.24) is 5.32 Å². The molecule has 0 aliphatic rings. The van der Waals surface area contributed by atoms with E-state index in [9.17, 15) is 9.59 Å². The maximum absolute atomic E-state index is 11.3. The van der Waals surface area contributed by atoms with Gasteiger partial charge in [-0.05, 0) is 6.42 Å². The number of carbonyl (C=O) groups excluding carboxylic acids is 2. The summed E-state index contributed by atoms with van der Waals surface area (Å²) in [5, 5.41) is 2.74. The third-order valence-electron chi connectivity index (χ3n) is 3.36. The minimum Gasteiger partial charge on any atom is -0.452 e. The molecule has 122 valence electrons. The maximum Gasteiger partial charge on any atom is 0.330 e. The first-order valence-electron chi connectivity index (χ1n) is 8.26. The first kappa shape index (κ1) is 19.7. The van der Waals surface area contributed by atoms with Crippen LogP contribution in [-0.2, 0) is 14.3 Å². The van der Waals surface area contributed by atoms with Crippen molar-refractivity contribution in [2.24, 2.45) is 0 Å². The molecule has 0 aliphatic heterocycles. The summed E-state index contributed by atoms with van der Waals surface area (Å²) in [7, 11) is 0. The van der Waals surface area contributed by atoms with E-state index in [0.717, 1.165) is 18.9 Å². The predicted octanol–water partition coefficient (Wildman–Crippen LogP) is 3.75. The topological polar surface area (TPSA) is 55.4 Å². The number of esters is 1. The molecular formula is C17H31NO3. The Morgan fingerprint density at radius 3 is 2.00 bits per heavy atom. The van der Waals surface area contributed by atoms with Gasteiger partial charge in [-0.3, -0.25) is 4.79 Å². The number of ether oxygens (including phenoxy) is 1. The molecule has 0 atom stereocenters. The molecular weight excluding hydrogens is 266 g/mol. The molecule has 0 heterocycles. The van der Waals surface area contributed by atoms with Crippen LogP contribution >= 0.6 is 0 Å². The van der Waals surface area contributed by atoms with Crippen molar-refractivity contribution >= 4 is 11.9 Å². The molecule has 0 unspecified atom stereocenters. The first-order chi connectivity index (χ1) is 10.2. The molecule has 1 amide bonds. The molecule has 0 bridgehead atoms. The van der Waals surface area contributed by atoms with Gasteiger partial charge in [0.2, 0.25) is 0 Å². The highest BCUT2D eigenvalue weighted by molar-refractivity contribution is 5.85. The van der Waals surface area contributed by atoms with E-state index in [1.807, 2.05) is 0 Å². The lowest BCUT2D eigenvalue weighted by molar-refractivity contribution is -0.143. The number of hydrogen-bond donors (Lipinski definition) is 1. The van der Waals surface area contributed by atoms with Gasteiger partial charge in [0.25, 0.3) is 5.91 Å². The van der Waals surface area contributed by atoms with Gasteiger partial charge in [-0.1, -0.05) is 71.3 Å². The van der Waals surface area contributed by atoms with E-state index in [2.05, 4.69) is 23.6 Å². The second kappa shape index (κ2) is 15.1. The first-order valence-corrected chi connectivity index (χ1v) is 8.26. The molecule has 0 fully saturated rings. The summed E-state index contributed by atoms with van der Waals surface area (Å²) in [4.78, 5) is 22.1. The van der Waals surface area contributed by atoms with Gasteiger partial charge < -0.3 is 10.1 Å². The van der Waals surface area contributed by atoms with Gasteiger partial charge in [0.05, 0.1) is 0 Å². The summed E-state index contributed by atoms with van der Waals surface area (Å²) in [5.41, 5.74) is 0. The molecule has 0 rings (SSSR count). The van der Waals surface area contributed by atoms with Gasteiger partial charge in [-0.2, -0.15) is 0 Å². The molecule has 4 heteroatoms. The predicted molar refractivity (Wildman–Crippen MR) is 86.0 cm³/mol. The zero-order valence-corrected chi connectivity index (χ0v) is 13.5. The molecule has 0 saturated carbocycles. The third kappa shape index (κ3) is 14.9. The van der Waals surface area contributed by atoms with Crippen LogP contribution in [0.15, 0.2) is 12.7 Å². The summed E-state index contributed by atoms with van der Waals surface area (Å²) in [6, 6.07) is 0. The number of hydrogen-bond acceptors (Lipinski definition) is 3. The number of carbonyl (C=O) groups is 2. The van der Waals surface area contributed by atoms with E-state index in [1.165, 1.54) is 51.4 Å². The van der Waals surface area contributed by atoms with Crippen molar-refractivity contribution in [2.75, 3.05) is 13.2 Å². The van der Waals surface area contributed by atoms with Crippen molar-refractivity contribution in [1.29, 1.82) is 0 Å². The SMILES string of the molecule is C=CC(=O)OCC(=O)NCCCCCCCCCCCC. The average Bonchev–Trinajstić information content (AvgIpc) is 2.50. The van der Waals surface area contributed by atoms with Crippen LogP contribution in [0.25, 0.3) is 0 Å². The summed E-state index contributed by atoms with van der Waals surface area (Å²) in [5.74, 6) is -0.815. The lowest BCUT2D eigenvalue weighted by Gasteiger charge is -2.05. The molecule has 21 heavy (non-hydrogen) atoms. The van der Waals surface area contributed by atoms with Crippen molar-refractivity contribution in [3.05, 3.63) is 12.7 Å². The van der Waals surface area contributed by atoms with E-state index >= 15 is 0 Å². The monoisotopic (exact) mass is 297 g/mol. The van der Waals surface area contributed by atoms with Crippen LogP contribution in [0.3, 0.4) is 0 Å². The van der Waals surface area contributed by atoms with Gasteiger partial charge in [0.1, 0.15) is 0 Å². The Labute approximate surface area is 129 Å². The van der Waals surface area contributed by atoms with E-state index in [-0.39, 0.29) is 12.5 Å². The van der Waals surface area contributed by atoms with Crippen LogP contribution in [0.1, 0.15) is 71.1 Å². The van der Waals surface area contributed by atoms with Gasteiger partial charge in [0.15, 0.2) is 6.61 Å². The summed E-state index contributed by atoms with van der Waals surface area (Å²) in [6.45, 7) is 5.94. The van der Waals surface area contributed by atoms with Crippen LogP contribution in [-0.4, -0.2) is 25.0 Å². The Hall–Kier alpha value is -1.32. The van der Waals surface area contributed by atoms with Crippen molar-refractivity contribution < 1.29 is 14.3 Å². The molecule has 0 aromatic carbocycles. The highest BCUT2D eigenvalue weighted by Gasteiger charge is 2.03. The Bertz CT molecular complexity index is 290. The summed E-state index contributed by atoms with van der Waals surface area (Å²) < 4.78 is 4.63. The van der Waals surface area contributed by atoms with Crippen molar-refractivity contribution in [3.8, 4) is 0 Å². The van der Waals surface area contributed by atoms with Crippen LogP contribution in [0.5, 0.6) is 0 Å². The Morgan fingerprint density at radius 1 is 0.952 bits per heavy atom. The fourth-order valence-electron chi connectivity index (χ4n) is 2.09. The second-order valence-electron chi connectivity index (χ2n) is 5.34. The number of unbranched alkanes of at least 4 members (excludes halogenated alkanes) is 9. The Morgan fingerprint density at radius 2 is 1.48 bits per heavy atom. The molecule has 0 radical (unpaired) electrons. The van der Waals surface area contributed by atoms with E-state index < -0.39 is 5.97 Å². The molecule has 0 aromatic heterocycles. The quantitative estimate of drug-likeness (QED) is 0.302. The smallest absolute Gasteiger partial charge is 0.330 e. The lowest BCUT2D eigenvalue weighted by atomic mass is 10.1. The standard InChI is InChI=1S/C17H31NO3/c1-3-5-6-7-8-9-10-11-12-13-14-18-16(19)15-21-17(20)4-2/h4H,2-3,5-15H2,1H3,(H,18,19). The zero-order chi connectivity index (χ0) is 15.8. The molecule has 0 saturated heterocycles. The average molecular weight is 297 g/mol. The van der Waals surface area contributed by atoms with Crippen LogP contribution < -0.4 is 5.32 Å². The third-order valence-corrected chi connectivity index (χ3v) is 3.36. The summed E-state index contributed by atoms with van der Waals surface area (Å²) >= 11 is 0. The van der Waals surface area contributed by atoms with Crippen molar-refractivity contribution in [3.63, 3.8) is 0 Å². The molecule has 4 nitrogen and oxygen atoms in total. The zero-order valence-electron chi connectivity index (χ0n) is 13.5. The number of nitrogens with one attached hydrogen (secondary N) is 1. The minimum absolute atomic E-state index is 0.220. The lowest BCUT2D eigenvalue weighted by Crippen LogP contribution is -2.29. The van der Waals surface area contributed by atoms with Gasteiger partial charge in [-0.15, -0.1) is 0 Å². The molecule has 1 N–H and O–H groups in total. The van der Waals surface area contributed by atoms with E-state index in [0.29, 0.717) is 6.54 Å². The molecule has 0 spiro atoms. The van der Waals surface area contributed by atoms with Crippen LogP contribution in [0, 0.1) is 0 Å². The highest BCUT2D eigenvalue weighted by Crippen LogP contribution is 2.10. The molecule has 0 aromatic rings. The Kier molecular flexibility index (Phi) is 14.1. The van der Waals surface area contributed by atoms with E-state index in [1.54, 1.807) is 0 Å². The second-order valence-corrected chi connectivity index (χ2v) is 5.34. The van der Waals surface area contributed by atoms with Crippen LogP contribution in [0.4, 0.5) is 0 Å². The number of rotatable bonds is 14. The van der Waals surface area contributed by atoms with Crippen molar-refractivity contribution in [2.45, 2.75) is 71.1 Å². The Balaban J connectivity index is 3.19. The fraction of sp³-hybridized carbons (Fsp3) is 0.765. The van der Waals surface area contributed by atoms with Crippen LogP contribution in [0.2, 0.25) is 0 Å². The van der Waals surface area contributed by atoms with Gasteiger partial charge in [0, 0.05) is 12.6 Å². The normalized spacial score (nSPS) is 10.1. The van der Waals surface area contributed by atoms with Gasteiger partial charge in [-0.25, -0.2) is 4.79 Å². The summed E-state index contributed by atoms with van der Waals surface area (Å²) in [6.07, 6.45) is 13.8. The fourth-order valence-corrected chi connectivity index (χ4v) is 2.09. The molecule has 0 aliphatic carbocycles. The van der Waals surface area contributed by atoms with E-state index in [4.69, 9.17) is 0 Å².